The monoisotopic (exact) mass is 356 g/mol. The van der Waals surface area contributed by atoms with Gasteiger partial charge >= 0.3 is 0 Å². The molecule has 0 saturated carbocycles. The SMILES string of the molecule is Cc1ccc(NC(=O)c2ncn(C[C@@H](O)c3ccc(Cl)cc3)n2)cc1. The fourth-order valence-corrected chi connectivity index (χ4v) is 2.40. The highest BCUT2D eigenvalue weighted by molar-refractivity contribution is 6.30. The van der Waals surface area contributed by atoms with E-state index in [-0.39, 0.29) is 12.4 Å². The minimum absolute atomic E-state index is 0.0453. The van der Waals surface area contributed by atoms with Crippen molar-refractivity contribution in [1.82, 2.24) is 14.8 Å². The second-order valence-electron chi connectivity index (χ2n) is 5.68. The number of hydrogen-bond donors (Lipinski definition) is 2. The average Bonchev–Trinajstić information content (AvgIpc) is 3.06. The van der Waals surface area contributed by atoms with E-state index in [4.69, 9.17) is 11.6 Å². The number of halogens is 1. The van der Waals surface area contributed by atoms with E-state index in [9.17, 15) is 9.90 Å². The first-order chi connectivity index (χ1) is 12.0. The summed E-state index contributed by atoms with van der Waals surface area (Å²) in [6.45, 7) is 2.16. The summed E-state index contributed by atoms with van der Waals surface area (Å²) < 4.78 is 1.43. The molecule has 2 aromatic carbocycles. The number of carbonyl (C=O) groups excluding carboxylic acids is 1. The van der Waals surface area contributed by atoms with Crippen LogP contribution in [0, 0.1) is 6.92 Å². The molecule has 1 aromatic heterocycles. The average molecular weight is 357 g/mol. The number of rotatable bonds is 5. The van der Waals surface area contributed by atoms with Gasteiger partial charge < -0.3 is 10.4 Å². The van der Waals surface area contributed by atoms with Crippen LogP contribution in [0.15, 0.2) is 54.9 Å². The number of anilines is 1. The van der Waals surface area contributed by atoms with Gasteiger partial charge in [0.2, 0.25) is 5.82 Å². The molecule has 128 valence electrons. The molecule has 0 unspecified atom stereocenters. The van der Waals surface area contributed by atoms with Crippen molar-refractivity contribution in [2.75, 3.05) is 5.32 Å². The van der Waals surface area contributed by atoms with Crippen LogP contribution in [0.4, 0.5) is 5.69 Å². The van der Waals surface area contributed by atoms with Crippen LogP contribution in [0.25, 0.3) is 0 Å². The van der Waals surface area contributed by atoms with Gasteiger partial charge in [-0.05, 0) is 36.8 Å². The fraction of sp³-hybridized carbons (Fsp3) is 0.167. The van der Waals surface area contributed by atoms with E-state index >= 15 is 0 Å². The molecule has 0 aliphatic rings. The van der Waals surface area contributed by atoms with Crippen molar-refractivity contribution in [2.24, 2.45) is 0 Å². The van der Waals surface area contributed by atoms with Crippen LogP contribution < -0.4 is 5.32 Å². The number of nitrogens with zero attached hydrogens (tertiary/aromatic N) is 3. The lowest BCUT2D eigenvalue weighted by atomic mass is 10.1. The molecular formula is C18H17ClN4O2. The second-order valence-corrected chi connectivity index (χ2v) is 6.11. The molecule has 25 heavy (non-hydrogen) atoms. The molecule has 1 atom stereocenters. The normalized spacial score (nSPS) is 12.0. The van der Waals surface area contributed by atoms with E-state index in [2.05, 4.69) is 15.4 Å². The number of amides is 1. The highest BCUT2D eigenvalue weighted by Gasteiger charge is 2.14. The Bertz CT molecular complexity index is 860. The topological polar surface area (TPSA) is 80.0 Å². The first-order valence-corrected chi connectivity index (χ1v) is 8.10. The van der Waals surface area contributed by atoms with Gasteiger partial charge in [0.05, 0.1) is 12.6 Å². The van der Waals surface area contributed by atoms with Gasteiger partial charge in [0, 0.05) is 10.7 Å². The number of aliphatic hydroxyl groups is 1. The summed E-state index contributed by atoms with van der Waals surface area (Å²) in [6.07, 6.45) is 0.649. The molecule has 3 rings (SSSR count). The van der Waals surface area contributed by atoms with Crippen molar-refractivity contribution >= 4 is 23.2 Å². The molecule has 0 spiro atoms. The van der Waals surface area contributed by atoms with Gasteiger partial charge in [0.25, 0.3) is 5.91 Å². The third kappa shape index (κ3) is 4.43. The fourth-order valence-electron chi connectivity index (χ4n) is 2.28. The molecular weight excluding hydrogens is 340 g/mol. The Balaban J connectivity index is 1.64. The van der Waals surface area contributed by atoms with E-state index in [0.717, 1.165) is 5.56 Å². The molecule has 0 radical (unpaired) electrons. The zero-order valence-electron chi connectivity index (χ0n) is 13.6. The Morgan fingerprint density at radius 1 is 1.20 bits per heavy atom. The number of aromatic nitrogens is 3. The first kappa shape index (κ1) is 17.1. The minimum Gasteiger partial charge on any atom is -0.386 e. The molecule has 6 nitrogen and oxygen atoms in total. The van der Waals surface area contributed by atoms with Crippen LogP contribution in [0.2, 0.25) is 5.02 Å². The summed E-state index contributed by atoms with van der Waals surface area (Å²) in [6, 6.07) is 14.4. The maximum absolute atomic E-state index is 12.2. The number of nitrogens with one attached hydrogen (secondary N) is 1. The molecule has 1 heterocycles. The molecule has 1 amide bonds. The van der Waals surface area contributed by atoms with Crippen LogP contribution in [-0.2, 0) is 6.54 Å². The lowest BCUT2D eigenvalue weighted by Crippen LogP contribution is -2.15. The summed E-state index contributed by atoms with van der Waals surface area (Å²) in [5, 5.41) is 17.7. The quantitative estimate of drug-likeness (QED) is 0.735. The van der Waals surface area contributed by atoms with Gasteiger partial charge in [-0.2, -0.15) is 0 Å². The molecule has 0 aliphatic heterocycles. The van der Waals surface area contributed by atoms with E-state index in [0.29, 0.717) is 16.3 Å². The Hall–Kier alpha value is -2.70. The standard InChI is InChI=1S/C18H17ClN4O2/c1-12-2-8-15(9-3-12)21-18(25)17-20-11-23(22-17)10-16(24)13-4-6-14(19)7-5-13/h2-9,11,16,24H,10H2,1H3,(H,21,25)/t16-/m1/s1. The van der Waals surface area contributed by atoms with Crippen molar-refractivity contribution in [3.8, 4) is 0 Å². The molecule has 3 aromatic rings. The largest absolute Gasteiger partial charge is 0.386 e. The first-order valence-electron chi connectivity index (χ1n) is 7.72. The predicted octanol–water partition coefficient (Wildman–Crippen LogP) is 3.23. The van der Waals surface area contributed by atoms with E-state index in [1.807, 2.05) is 31.2 Å². The van der Waals surface area contributed by atoms with Crippen molar-refractivity contribution < 1.29 is 9.90 Å². The van der Waals surface area contributed by atoms with E-state index in [1.54, 1.807) is 24.3 Å². The van der Waals surface area contributed by atoms with Crippen molar-refractivity contribution in [3.05, 3.63) is 76.8 Å². The molecule has 0 fully saturated rings. The highest BCUT2D eigenvalue weighted by Crippen LogP contribution is 2.17. The van der Waals surface area contributed by atoms with Gasteiger partial charge in [-0.3, -0.25) is 4.79 Å². The van der Waals surface area contributed by atoms with Gasteiger partial charge in [-0.1, -0.05) is 41.4 Å². The smallest absolute Gasteiger partial charge is 0.295 e. The Morgan fingerprint density at radius 3 is 2.56 bits per heavy atom. The summed E-state index contributed by atoms with van der Waals surface area (Å²) in [5.74, 6) is -0.354. The molecule has 0 saturated heterocycles. The summed E-state index contributed by atoms with van der Waals surface area (Å²) in [5.41, 5.74) is 2.50. The van der Waals surface area contributed by atoms with Crippen molar-refractivity contribution in [1.29, 1.82) is 0 Å². The number of aliphatic hydroxyl groups excluding tert-OH is 1. The zero-order valence-corrected chi connectivity index (χ0v) is 14.3. The van der Waals surface area contributed by atoms with Gasteiger partial charge in [0.1, 0.15) is 6.33 Å². The number of aryl methyl sites for hydroxylation is 1. The maximum atomic E-state index is 12.2. The van der Waals surface area contributed by atoms with Crippen LogP contribution >= 0.6 is 11.6 Å². The molecule has 2 N–H and O–H groups in total. The minimum atomic E-state index is -0.771. The Morgan fingerprint density at radius 2 is 1.88 bits per heavy atom. The van der Waals surface area contributed by atoms with Crippen LogP contribution in [-0.4, -0.2) is 25.8 Å². The third-order valence-electron chi connectivity index (χ3n) is 3.66. The van der Waals surface area contributed by atoms with Gasteiger partial charge in [0.15, 0.2) is 0 Å². The second kappa shape index (κ2) is 7.46. The summed E-state index contributed by atoms with van der Waals surface area (Å²) in [4.78, 5) is 16.2. The summed E-state index contributed by atoms with van der Waals surface area (Å²) in [7, 11) is 0. The van der Waals surface area contributed by atoms with Crippen LogP contribution in [0.1, 0.15) is 27.8 Å². The zero-order chi connectivity index (χ0) is 17.8. The van der Waals surface area contributed by atoms with Crippen molar-refractivity contribution in [3.63, 3.8) is 0 Å². The highest BCUT2D eigenvalue weighted by atomic mass is 35.5. The van der Waals surface area contributed by atoms with Gasteiger partial charge in [-0.15, -0.1) is 5.10 Å². The van der Waals surface area contributed by atoms with Crippen LogP contribution in [0.3, 0.4) is 0 Å². The van der Waals surface area contributed by atoms with E-state index in [1.165, 1.54) is 11.0 Å². The molecule has 0 bridgehead atoms. The molecule has 0 aliphatic carbocycles. The summed E-state index contributed by atoms with van der Waals surface area (Å²) >= 11 is 5.84. The van der Waals surface area contributed by atoms with Crippen LogP contribution in [0.5, 0.6) is 0 Å². The Kier molecular flexibility index (Phi) is 5.11. The lowest BCUT2D eigenvalue weighted by Gasteiger charge is -2.10. The number of carbonyl (C=O) groups is 1. The Labute approximate surface area is 150 Å². The van der Waals surface area contributed by atoms with Gasteiger partial charge in [-0.25, -0.2) is 9.67 Å². The van der Waals surface area contributed by atoms with E-state index < -0.39 is 12.0 Å². The number of benzene rings is 2. The molecule has 7 heteroatoms. The third-order valence-corrected chi connectivity index (χ3v) is 3.92. The lowest BCUT2D eigenvalue weighted by molar-refractivity contribution is 0.101. The maximum Gasteiger partial charge on any atom is 0.295 e. The number of hydrogen-bond acceptors (Lipinski definition) is 4. The van der Waals surface area contributed by atoms with Crippen molar-refractivity contribution in [2.45, 2.75) is 19.6 Å². The predicted molar refractivity (Wildman–Crippen MR) is 95.6 cm³/mol.